The maximum atomic E-state index is 14.4. The Morgan fingerprint density at radius 2 is 2.20 bits per heavy atom. The summed E-state index contributed by atoms with van der Waals surface area (Å²) in [6.07, 6.45) is 2.45. The number of rotatable bonds is 4. The van der Waals surface area contributed by atoms with Crippen LogP contribution < -0.4 is 19.7 Å². The molecule has 1 fully saturated rings. The van der Waals surface area contributed by atoms with Gasteiger partial charge in [-0.15, -0.1) is 0 Å². The van der Waals surface area contributed by atoms with Crippen molar-refractivity contribution in [1.82, 2.24) is 5.32 Å². The normalized spacial score (nSPS) is 20.1. The van der Waals surface area contributed by atoms with Crippen LogP contribution >= 0.6 is 0 Å². The Labute approximate surface area is 175 Å². The van der Waals surface area contributed by atoms with Gasteiger partial charge in [-0.05, 0) is 50.1 Å². The topological polar surface area (TPSA) is 74.6 Å². The van der Waals surface area contributed by atoms with Crippen LogP contribution in [0, 0.1) is 17.1 Å². The number of piperidine rings is 1. The van der Waals surface area contributed by atoms with E-state index in [9.17, 15) is 9.18 Å². The third-order valence-electron chi connectivity index (χ3n) is 5.61. The van der Waals surface area contributed by atoms with Crippen LogP contribution in [0.5, 0.6) is 11.5 Å². The lowest BCUT2D eigenvalue weighted by Crippen LogP contribution is -2.48. The first-order chi connectivity index (χ1) is 14.5. The molecule has 2 aliphatic rings. The number of hydrogen-bond donors (Lipinski definition) is 1. The van der Waals surface area contributed by atoms with Crippen LogP contribution in [0.3, 0.4) is 0 Å². The van der Waals surface area contributed by atoms with Gasteiger partial charge in [0.25, 0.3) is 5.91 Å². The molecule has 2 atom stereocenters. The number of anilines is 1. The molecule has 7 heteroatoms. The van der Waals surface area contributed by atoms with Crippen LogP contribution in [-0.2, 0) is 6.42 Å². The highest BCUT2D eigenvalue weighted by Crippen LogP contribution is 2.39. The predicted molar refractivity (Wildman–Crippen MR) is 111 cm³/mol. The van der Waals surface area contributed by atoms with Gasteiger partial charge in [0, 0.05) is 36.7 Å². The highest BCUT2D eigenvalue weighted by atomic mass is 19.1. The van der Waals surface area contributed by atoms with Gasteiger partial charge in [-0.3, -0.25) is 4.79 Å². The minimum atomic E-state index is -0.418. The third-order valence-corrected chi connectivity index (χ3v) is 5.61. The van der Waals surface area contributed by atoms with Crippen molar-refractivity contribution >= 4 is 11.6 Å². The molecule has 2 aromatic carbocycles. The predicted octanol–water partition coefficient (Wildman–Crippen LogP) is 3.43. The molecule has 6 nitrogen and oxygen atoms in total. The van der Waals surface area contributed by atoms with Crippen molar-refractivity contribution in [3.8, 4) is 17.6 Å². The van der Waals surface area contributed by atoms with E-state index < -0.39 is 5.82 Å². The standard InChI is InChI=1S/C23H24FN3O3/c1-14-8-16-10-17(11-21(29-2)22(16)30-14)23(28)26-18-4-3-7-27(13-18)20-6-5-15(12-25)9-19(20)24/h5-6,9-11,14,18H,3-4,7-8,13H2,1-2H3,(H,26,28). The SMILES string of the molecule is COc1cc(C(=O)NC2CCCN(c3ccc(C#N)cc3F)C2)cc2c1OC(C)C2. The number of carbonyl (C=O) groups is 1. The molecule has 1 saturated heterocycles. The van der Waals surface area contributed by atoms with Crippen LogP contribution in [0.4, 0.5) is 10.1 Å². The van der Waals surface area contributed by atoms with E-state index in [4.69, 9.17) is 14.7 Å². The molecule has 4 rings (SSSR count). The van der Waals surface area contributed by atoms with Gasteiger partial charge in [0.15, 0.2) is 11.5 Å². The Balaban J connectivity index is 1.48. The van der Waals surface area contributed by atoms with Crippen LogP contribution in [0.25, 0.3) is 0 Å². The first kappa shape index (κ1) is 20.0. The van der Waals surface area contributed by atoms with Crippen LogP contribution in [0.15, 0.2) is 30.3 Å². The van der Waals surface area contributed by atoms with Crippen LogP contribution in [0.1, 0.15) is 41.3 Å². The van der Waals surface area contributed by atoms with Crippen molar-refractivity contribution in [2.45, 2.75) is 38.3 Å². The zero-order chi connectivity index (χ0) is 21.3. The molecule has 30 heavy (non-hydrogen) atoms. The number of benzene rings is 2. The average molecular weight is 409 g/mol. The zero-order valence-corrected chi connectivity index (χ0v) is 17.1. The van der Waals surface area contributed by atoms with Crippen molar-refractivity contribution in [3.63, 3.8) is 0 Å². The number of halogens is 1. The lowest BCUT2D eigenvalue weighted by molar-refractivity contribution is 0.0932. The molecule has 0 bridgehead atoms. The molecule has 156 valence electrons. The fourth-order valence-electron chi connectivity index (χ4n) is 4.20. The highest BCUT2D eigenvalue weighted by Gasteiger charge is 2.27. The second-order valence-electron chi connectivity index (χ2n) is 7.84. The molecule has 0 spiro atoms. The molecule has 1 N–H and O–H groups in total. The molecule has 2 heterocycles. The van der Waals surface area contributed by atoms with Gasteiger partial charge in [-0.1, -0.05) is 0 Å². The summed E-state index contributed by atoms with van der Waals surface area (Å²) in [5, 5.41) is 12.0. The molecular formula is C23H24FN3O3. The van der Waals surface area contributed by atoms with E-state index in [0.29, 0.717) is 41.4 Å². The minimum Gasteiger partial charge on any atom is -0.493 e. The number of carbonyl (C=O) groups excluding carboxylic acids is 1. The van der Waals surface area contributed by atoms with E-state index in [0.717, 1.165) is 24.8 Å². The summed E-state index contributed by atoms with van der Waals surface area (Å²) in [7, 11) is 1.56. The van der Waals surface area contributed by atoms with Crippen molar-refractivity contribution in [2.24, 2.45) is 0 Å². The Kier molecular flexibility index (Phi) is 5.49. The Morgan fingerprint density at radius 3 is 2.93 bits per heavy atom. The monoisotopic (exact) mass is 409 g/mol. The average Bonchev–Trinajstić information content (AvgIpc) is 3.13. The van der Waals surface area contributed by atoms with Crippen LogP contribution in [0.2, 0.25) is 0 Å². The molecule has 2 aromatic rings. The number of ether oxygens (including phenoxy) is 2. The molecule has 0 aliphatic carbocycles. The summed E-state index contributed by atoms with van der Waals surface area (Å²) in [5.74, 6) is 0.676. The van der Waals surface area contributed by atoms with Crippen molar-refractivity contribution in [3.05, 3.63) is 52.8 Å². The number of methoxy groups -OCH3 is 1. The molecule has 0 radical (unpaired) electrons. The summed E-state index contributed by atoms with van der Waals surface area (Å²) in [4.78, 5) is 14.8. The summed E-state index contributed by atoms with van der Waals surface area (Å²) in [6.45, 7) is 3.20. The molecule has 0 saturated carbocycles. The van der Waals surface area contributed by atoms with Crippen molar-refractivity contribution in [2.75, 3.05) is 25.1 Å². The van der Waals surface area contributed by atoms with E-state index >= 15 is 0 Å². The first-order valence-electron chi connectivity index (χ1n) is 10.1. The van der Waals surface area contributed by atoms with E-state index in [-0.39, 0.29) is 18.1 Å². The molecule has 0 aromatic heterocycles. The van der Waals surface area contributed by atoms with Gasteiger partial charge in [0.1, 0.15) is 11.9 Å². The zero-order valence-electron chi connectivity index (χ0n) is 17.1. The number of nitrogens with one attached hydrogen (secondary N) is 1. The quantitative estimate of drug-likeness (QED) is 0.838. The molecule has 2 aliphatic heterocycles. The lowest BCUT2D eigenvalue weighted by atomic mass is 10.0. The largest absolute Gasteiger partial charge is 0.493 e. The molecule has 2 unspecified atom stereocenters. The van der Waals surface area contributed by atoms with Crippen molar-refractivity contribution in [1.29, 1.82) is 5.26 Å². The van der Waals surface area contributed by atoms with E-state index in [1.165, 1.54) is 6.07 Å². The Hall–Kier alpha value is -3.27. The summed E-state index contributed by atoms with van der Waals surface area (Å²) >= 11 is 0. The summed E-state index contributed by atoms with van der Waals surface area (Å²) < 4.78 is 25.6. The molecular weight excluding hydrogens is 385 g/mol. The Bertz CT molecular complexity index is 1020. The number of nitrogens with zero attached hydrogens (tertiary/aromatic N) is 2. The molecule has 1 amide bonds. The fraction of sp³-hybridized carbons (Fsp3) is 0.391. The lowest BCUT2D eigenvalue weighted by Gasteiger charge is -2.35. The van der Waals surface area contributed by atoms with Gasteiger partial charge >= 0.3 is 0 Å². The van der Waals surface area contributed by atoms with E-state index in [2.05, 4.69) is 5.32 Å². The van der Waals surface area contributed by atoms with Gasteiger partial charge in [0.2, 0.25) is 0 Å². The fourth-order valence-corrected chi connectivity index (χ4v) is 4.20. The highest BCUT2D eigenvalue weighted by molar-refractivity contribution is 5.95. The maximum Gasteiger partial charge on any atom is 0.251 e. The number of amides is 1. The number of nitriles is 1. The second kappa shape index (κ2) is 8.23. The summed E-state index contributed by atoms with van der Waals surface area (Å²) in [6, 6.07) is 9.89. The second-order valence-corrected chi connectivity index (χ2v) is 7.84. The first-order valence-corrected chi connectivity index (χ1v) is 10.1. The maximum absolute atomic E-state index is 14.4. The van der Waals surface area contributed by atoms with E-state index in [1.807, 2.05) is 24.0 Å². The minimum absolute atomic E-state index is 0.0569. The van der Waals surface area contributed by atoms with Gasteiger partial charge in [-0.25, -0.2) is 4.39 Å². The summed E-state index contributed by atoms with van der Waals surface area (Å²) in [5.41, 5.74) is 2.25. The van der Waals surface area contributed by atoms with Crippen molar-refractivity contribution < 1.29 is 18.7 Å². The van der Waals surface area contributed by atoms with Gasteiger partial charge in [-0.2, -0.15) is 5.26 Å². The number of fused-ring (bicyclic) bond motifs is 1. The van der Waals surface area contributed by atoms with E-state index in [1.54, 1.807) is 25.3 Å². The van der Waals surface area contributed by atoms with Gasteiger partial charge < -0.3 is 19.7 Å². The Morgan fingerprint density at radius 1 is 1.37 bits per heavy atom. The van der Waals surface area contributed by atoms with Crippen LogP contribution in [-0.4, -0.2) is 38.3 Å². The number of hydrogen-bond acceptors (Lipinski definition) is 5. The smallest absolute Gasteiger partial charge is 0.251 e. The van der Waals surface area contributed by atoms with Gasteiger partial charge in [0.05, 0.1) is 24.4 Å². The third kappa shape index (κ3) is 3.90.